The maximum absolute atomic E-state index is 13.6. The van der Waals surface area contributed by atoms with Crippen molar-refractivity contribution in [2.75, 3.05) is 13.6 Å². The van der Waals surface area contributed by atoms with E-state index in [0.29, 0.717) is 16.4 Å². The summed E-state index contributed by atoms with van der Waals surface area (Å²) in [5, 5.41) is 0. The number of hydrogen-bond donors (Lipinski definition) is 1. The summed E-state index contributed by atoms with van der Waals surface area (Å²) in [6, 6.07) is 3.95. The highest BCUT2D eigenvalue weighted by atomic mass is 32.1. The molecule has 1 atom stereocenters. The molecular weight excluding hydrogens is 273 g/mol. The van der Waals surface area contributed by atoms with E-state index in [2.05, 4.69) is 21.5 Å². The monoisotopic (exact) mass is 293 g/mol. The predicted molar refractivity (Wildman–Crippen MR) is 82.1 cm³/mol. The molecule has 108 valence electrons. The number of nitrogens with zero attached hydrogens (tertiary/aromatic N) is 2. The first-order valence-electron chi connectivity index (χ1n) is 7.15. The molecule has 0 saturated carbocycles. The molecule has 2 aromatic rings. The Hall–Kier alpha value is -1.20. The molecule has 1 saturated heterocycles. The second kappa shape index (κ2) is 5.30. The normalized spacial score (nSPS) is 20.6. The van der Waals surface area contributed by atoms with Gasteiger partial charge in [-0.3, -0.25) is 0 Å². The number of halogens is 1. The van der Waals surface area contributed by atoms with E-state index in [1.807, 2.05) is 6.07 Å². The molecule has 1 aliphatic heterocycles. The fraction of sp³-hybridized carbons (Fsp3) is 0.533. The van der Waals surface area contributed by atoms with Crippen molar-refractivity contribution >= 4 is 23.3 Å². The van der Waals surface area contributed by atoms with Crippen LogP contribution in [0.1, 0.15) is 24.8 Å². The number of aromatic amines is 1. The number of fused-ring (bicyclic) bond motifs is 1. The summed E-state index contributed by atoms with van der Waals surface area (Å²) in [5.74, 6) is -0.185. The molecule has 1 unspecified atom stereocenters. The van der Waals surface area contributed by atoms with Crippen LogP contribution in [-0.2, 0) is 6.54 Å². The third-order valence-corrected chi connectivity index (χ3v) is 4.69. The summed E-state index contributed by atoms with van der Waals surface area (Å²) in [4.78, 5) is 5.52. The zero-order chi connectivity index (χ0) is 14.3. The van der Waals surface area contributed by atoms with Gasteiger partial charge >= 0.3 is 0 Å². The quantitative estimate of drug-likeness (QED) is 0.855. The number of H-pyrrole nitrogens is 1. The molecule has 1 aromatic carbocycles. The summed E-state index contributed by atoms with van der Waals surface area (Å²) in [6.45, 7) is 3.82. The molecular formula is C15H20FN3S. The standard InChI is InChI=1S/C15H20FN3S/c1-10-7-14-13(8-12(10)16)17-15(20)19(14)9-11-5-3-4-6-18(11)2/h7-8,11H,3-6,9H2,1-2H3,(H,17,20). The van der Waals surface area contributed by atoms with E-state index >= 15 is 0 Å². The van der Waals surface area contributed by atoms with Crippen molar-refractivity contribution in [3.8, 4) is 0 Å². The van der Waals surface area contributed by atoms with E-state index in [1.54, 1.807) is 13.0 Å². The Morgan fingerprint density at radius 1 is 1.40 bits per heavy atom. The molecule has 0 aliphatic carbocycles. The average molecular weight is 293 g/mol. The predicted octanol–water partition coefficient (Wildman–Crippen LogP) is 3.63. The van der Waals surface area contributed by atoms with Crippen LogP contribution in [0, 0.1) is 17.5 Å². The lowest BCUT2D eigenvalue weighted by Gasteiger charge is -2.32. The first-order chi connectivity index (χ1) is 9.56. The Kier molecular flexibility index (Phi) is 3.65. The first-order valence-corrected chi connectivity index (χ1v) is 7.56. The largest absolute Gasteiger partial charge is 0.330 e. The number of nitrogens with one attached hydrogen (secondary N) is 1. The topological polar surface area (TPSA) is 24.0 Å². The van der Waals surface area contributed by atoms with E-state index < -0.39 is 0 Å². The lowest BCUT2D eigenvalue weighted by Crippen LogP contribution is -2.39. The number of imidazole rings is 1. The molecule has 5 heteroatoms. The molecule has 0 bridgehead atoms. The molecule has 0 spiro atoms. The summed E-state index contributed by atoms with van der Waals surface area (Å²) < 4.78 is 16.4. The molecule has 0 amide bonds. The van der Waals surface area contributed by atoms with E-state index in [1.165, 1.54) is 19.3 Å². The van der Waals surface area contributed by atoms with Crippen molar-refractivity contribution in [2.24, 2.45) is 0 Å². The minimum Gasteiger partial charge on any atom is -0.330 e. The van der Waals surface area contributed by atoms with Crippen LogP contribution >= 0.6 is 12.2 Å². The summed E-state index contributed by atoms with van der Waals surface area (Å²) in [7, 11) is 2.17. The SMILES string of the molecule is Cc1cc2c(cc1F)[nH]c(=S)n2CC1CCCCN1C. The van der Waals surface area contributed by atoms with Crippen molar-refractivity contribution in [1.82, 2.24) is 14.5 Å². The second-order valence-corrected chi connectivity index (χ2v) is 6.18. The number of likely N-dealkylation sites (tertiary alicyclic amines) is 1. The summed E-state index contributed by atoms with van der Waals surface area (Å²) >= 11 is 5.41. The van der Waals surface area contributed by atoms with Gasteiger partial charge in [-0.2, -0.15) is 0 Å². The zero-order valence-electron chi connectivity index (χ0n) is 11.9. The van der Waals surface area contributed by atoms with E-state index in [-0.39, 0.29) is 5.82 Å². The van der Waals surface area contributed by atoms with Crippen LogP contribution in [0.4, 0.5) is 4.39 Å². The molecule has 20 heavy (non-hydrogen) atoms. The van der Waals surface area contributed by atoms with Gasteiger partial charge in [-0.15, -0.1) is 0 Å². The van der Waals surface area contributed by atoms with Crippen LogP contribution < -0.4 is 0 Å². The molecule has 0 radical (unpaired) electrons. The van der Waals surface area contributed by atoms with Crippen molar-refractivity contribution in [3.05, 3.63) is 28.3 Å². The fourth-order valence-electron chi connectivity index (χ4n) is 3.05. The highest BCUT2D eigenvalue weighted by Gasteiger charge is 2.20. The van der Waals surface area contributed by atoms with Crippen molar-refractivity contribution in [3.63, 3.8) is 0 Å². The van der Waals surface area contributed by atoms with E-state index in [9.17, 15) is 4.39 Å². The summed E-state index contributed by atoms with van der Waals surface area (Å²) in [5.41, 5.74) is 2.46. The number of hydrogen-bond acceptors (Lipinski definition) is 2. The Morgan fingerprint density at radius 2 is 2.20 bits per heavy atom. The lowest BCUT2D eigenvalue weighted by atomic mass is 10.0. The lowest BCUT2D eigenvalue weighted by molar-refractivity contribution is 0.168. The average Bonchev–Trinajstić information content (AvgIpc) is 2.69. The number of rotatable bonds is 2. The van der Waals surface area contributed by atoms with Gasteiger partial charge in [-0.1, -0.05) is 6.42 Å². The second-order valence-electron chi connectivity index (χ2n) is 5.79. The van der Waals surface area contributed by atoms with Crippen molar-refractivity contribution in [1.29, 1.82) is 0 Å². The molecule has 1 aliphatic rings. The molecule has 1 fully saturated rings. The minimum absolute atomic E-state index is 0.185. The van der Waals surface area contributed by atoms with E-state index in [0.717, 1.165) is 24.1 Å². The highest BCUT2D eigenvalue weighted by Crippen LogP contribution is 2.22. The van der Waals surface area contributed by atoms with Crippen LogP contribution in [0.25, 0.3) is 11.0 Å². The Labute approximate surface area is 123 Å². The fourth-order valence-corrected chi connectivity index (χ4v) is 3.33. The van der Waals surface area contributed by atoms with Gasteiger partial charge in [0.05, 0.1) is 11.0 Å². The van der Waals surface area contributed by atoms with Gasteiger partial charge in [0.2, 0.25) is 0 Å². The smallest absolute Gasteiger partial charge is 0.178 e. The van der Waals surface area contributed by atoms with Gasteiger partial charge < -0.3 is 14.5 Å². The maximum atomic E-state index is 13.6. The number of piperidine rings is 1. The van der Waals surface area contributed by atoms with Gasteiger partial charge in [0, 0.05) is 12.6 Å². The molecule has 3 nitrogen and oxygen atoms in total. The molecule has 3 rings (SSSR count). The third kappa shape index (κ3) is 2.40. The number of benzene rings is 1. The maximum Gasteiger partial charge on any atom is 0.178 e. The van der Waals surface area contributed by atoms with Crippen LogP contribution in [0.15, 0.2) is 12.1 Å². The Balaban J connectivity index is 2.00. The Morgan fingerprint density at radius 3 is 2.95 bits per heavy atom. The van der Waals surface area contributed by atoms with Crippen LogP contribution in [0.5, 0.6) is 0 Å². The first kappa shape index (κ1) is 13.8. The highest BCUT2D eigenvalue weighted by molar-refractivity contribution is 7.71. The Bertz CT molecular complexity index is 688. The zero-order valence-corrected chi connectivity index (χ0v) is 12.8. The van der Waals surface area contributed by atoms with Crippen molar-refractivity contribution in [2.45, 2.75) is 38.8 Å². The minimum atomic E-state index is -0.185. The number of likely N-dealkylation sites (N-methyl/N-ethyl adjacent to an activating group) is 1. The molecule has 2 heterocycles. The van der Waals surface area contributed by atoms with Crippen LogP contribution in [0.3, 0.4) is 0 Å². The van der Waals surface area contributed by atoms with Gasteiger partial charge in [0.1, 0.15) is 5.82 Å². The molecule has 1 N–H and O–H groups in total. The number of aromatic nitrogens is 2. The van der Waals surface area contributed by atoms with Gasteiger partial charge in [-0.25, -0.2) is 4.39 Å². The van der Waals surface area contributed by atoms with Gasteiger partial charge in [-0.05, 0) is 63.3 Å². The van der Waals surface area contributed by atoms with Crippen LogP contribution in [-0.4, -0.2) is 34.1 Å². The van der Waals surface area contributed by atoms with Crippen LogP contribution in [0.2, 0.25) is 0 Å². The van der Waals surface area contributed by atoms with Gasteiger partial charge in [0.15, 0.2) is 4.77 Å². The van der Waals surface area contributed by atoms with Crippen molar-refractivity contribution < 1.29 is 4.39 Å². The van der Waals surface area contributed by atoms with E-state index in [4.69, 9.17) is 12.2 Å². The van der Waals surface area contributed by atoms with Gasteiger partial charge in [0.25, 0.3) is 0 Å². The molecule has 1 aromatic heterocycles. The third-order valence-electron chi connectivity index (χ3n) is 4.37. The number of aryl methyl sites for hydroxylation is 1. The summed E-state index contributed by atoms with van der Waals surface area (Å²) in [6.07, 6.45) is 3.75.